The van der Waals surface area contributed by atoms with Gasteiger partial charge in [0, 0.05) is 23.7 Å². The van der Waals surface area contributed by atoms with E-state index in [-0.39, 0.29) is 30.3 Å². The van der Waals surface area contributed by atoms with Gasteiger partial charge in [0.25, 0.3) is 5.91 Å². The Balaban J connectivity index is 1.62. The maximum Gasteiger partial charge on any atom is 0.258 e. The molecule has 0 heterocycles. The summed E-state index contributed by atoms with van der Waals surface area (Å²) < 4.78 is 10.9. The normalized spacial score (nSPS) is 21.9. The van der Waals surface area contributed by atoms with Crippen LogP contribution in [0, 0.1) is 11.8 Å². The highest BCUT2D eigenvalue weighted by Crippen LogP contribution is 2.34. The van der Waals surface area contributed by atoms with E-state index in [2.05, 4.69) is 10.6 Å². The second-order valence-corrected chi connectivity index (χ2v) is 7.02. The van der Waals surface area contributed by atoms with Crippen molar-refractivity contribution in [3.63, 3.8) is 0 Å². The Morgan fingerprint density at radius 3 is 2.69 bits per heavy atom. The summed E-state index contributed by atoms with van der Waals surface area (Å²) in [5.41, 5.74) is 6.39. The molecule has 142 valence electrons. The molecular formula is C19H27N3O4. The summed E-state index contributed by atoms with van der Waals surface area (Å²) >= 11 is 0. The molecule has 0 aromatic heterocycles. The monoisotopic (exact) mass is 361 g/mol. The SMILES string of the molecule is COc1ccc(NC(=O)[C@@H]2CCC[C@@H]2CN)cc1OCC(=O)NC1CC1. The molecule has 2 fully saturated rings. The van der Waals surface area contributed by atoms with Crippen LogP contribution in [0.4, 0.5) is 5.69 Å². The van der Waals surface area contributed by atoms with Gasteiger partial charge in [-0.1, -0.05) is 6.42 Å². The van der Waals surface area contributed by atoms with E-state index in [1.165, 1.54) is 7.11 Å². The van der Waals surface area contributed by atoms with Crippen molar-refractivity contribution in [3.05, 3.63) is 18.2 Å². The minimum absolute atomic E-state index is 0.0134. The Hall–Kier alpha value is -2.28. The number of hydrogen-bond donors (Lipinski definition) is 3. The van der Waals surface area contributed by atoms with Crippen molar-refractivity contribution in [2.45, 2.75) is 38.1 Å². The third-order valence-electron chi connectivity index (χ3n) is 5.03. The summed E-state index contributed by atoms with van der Waals surface area (Å²) in [7, 11) is 1.54. The molecule has 0 saturated heterocycles. The van der Waals surface area contributed by atoms with Gasteiger partial charge in [0.1, 0.15) is 0 Å². The Morgan fingerprint density at radius 1 is 1.19 bits per heavy atom. The first kappa shape index (κ1) is 18.5. The van der Waals surface area contributed by atoms with E-state index in [1.54, 1.807) is 18.2 Å². The van der Waals surface area contributed by atoms with E-state index in [4.69, 9.17) is 15.2 Å². The first-order chi connectivity index (χ1) is 12.6. The van der Waals surface area contributed by atoms with Crippen molar-refractivity contribution in [2.24, 2.45) is 17.6 Å². The van der Waals surface area contributed by atoms with E-state index in [1.807, 2.05) is 0 Å². The van der Waals surface area contributed by atoms with Gasteiger partial charge >= 0.3 is 0 Å². The Bertz CT molecular complexity index is 660. The summed E-state index contributed by atoms with van der Waals surface area (Å²) in [5, 5.41) is 5.81. The van der Waals surface area contributed by atoms with Crippen LogP contribution in [-0.4, -0.2) is 38.1 Å². The minimum atomic E-state index is -0.152. The Morgan fingerprint density at radius 2 is 2.00 bits per heavy atom. The number of anilines is 1. The van der Waals surface area contributed by atoms with E-state index >= 15 is 0 Å². The number of nitrogens with one attached hydrogen (secondary N) is 2. The van der Waals surface area contributed by atoms with Crippen LogP contribution in [0.1, 0.15) is 32.1 Å². The first-order valence-corrected chi connectivity index (χ1v) is 9.22. The average Bonchev–Trinajstić information content (AvgIpc) is 3.32. The number of amides is 2. The molecule has 2 atom stereocenters. The molecule has 0 bridgehead atoms. The van der Waals surface area contributed by atoms with Gasteiger partial charge in [-0.2, -0.15) is 0 Å². The van der Waals surface area contributed by atoms with Gasteiger partial charge in [-0.3, -0.25) is 9.59 Å². The molecular weight excluding hydrogens is 334 g/mol. The number of methoxy groups -OCH3 is 1. The molecule has 0 unspecified atom stereocenters. The first-order valence-electron chi connectivity index (χ1n) is 9.22. The third kappa shape index (κ3) is 4.66. The molecule has 2 aliphatic rings. The van der Waals surface area contributed by atoms with Gasteiger partial charge in [-0.25, -0.2) is 0 Å². The Kier molecular flexibility index (Phi) is 5.98. The van der Waals surface area contributed by atoms with Crippen molar-refractivity contribution in [3.8, 4) is 11.5 Å². The second-order valence-electron chi connectivity index (χ2n) is 7.02. The third-order valence-corrected chi connectivity index (χ3v) is 5.03. The van der Waals surface area contributed by atoms with Crippen LogP contribution >= 0.6 is 0 Å². The van der Waals surface area contributed by atoms with Gasteiger partial charge in [-0.05, 0) is 50.3 Å². The maximum absolute atomic E-state index is 12.5. The molecule has 0 spiro atoms. The average molecular weight is 361 g/mol. The second kappa shape index (κ2) is 8.40. The number of rotatable bonds is 8. The van der Waals surface area contributed by atoms with Crippen molar-refractivity contribution < 1.29 is 19.1 Å². The molecule has 26 heavy (non-hydrogen) atoms. The molecule has 7 heteroatoms. The highest BCUT2D eigenvalue weighted by atomic mass is 16.5. The fourth-order valence-electron chi connectivity index (χ4n) is 3.41. The van der Waals surface area contributed by atoms with E-state index in [0.717, 1.165) is 32.1 Å². The highest BCUT2D eigenvalue weighted by molar-refractivity contribution is 5.93. The topological polar surface area (TPSA) is 103 Å². The zero-order valence-electron chi connectivity index (χ0n) is 15.1. The van der Waals surface area contributed by atoms with E-state index in [9.17, 15) is 9.59 Å². The lowest BCUT2D eigenvalue weighted by atomic mass is 9.95. The number of nitrogens with two attached hydrogens (primary N) is 1. The molecule has 0 radical (unpaired) electrons. The molecule has 2 saturated carbocycles. The van der Waals surface area contributed by atoms with Crippen LogP contribution < -0.4 is 25.8 Å². The number of benzene rings is 1. The van der Waals surface area contributed by atoms with Crippen LogP contribution in [0.15, 0.2) is 18.2 Å². The summed E-state index contributed by atoms with van der Waals surface area (Å²) in [4.78, 5) is 24.4. The predicted molar refractivity (Wildman–Crippen MR) is 98.2 cm³/mol. The smallest absolute Gasteiger partial charge is 0.258 e. The van der Waals surface area contributed by atoms with Crippen LogP contribution in [-0.2, 0) is 9.59 Å². The fraction of sp³-hybridized carbons (Fsp3) is 0.579. The molecule has 2 amide bonds. The van der Waals surface area contributed by atoms with Crippen LogP contribution in [0.25, 0.3) is 0 Å². The van der Waals surface area contributed by atoms with Crippen molar-refractivity contribution >= 4 is 17.5 Å². The lowest BCUT2D eigenvalue weighted by molar-refractivity contribution is -0.123. The van der Waals surface area contributed by atoms with Gasteiger partial charge < -0.3 is 25.8 Å². The molecule has 0 aliphatic heterocycles. The van der Waals surface area contributed by atoms with Gasteiger partial charge in [-0.15, -0.1) is 0 Å². The number of hydrogen-bond acceptors (Lipinski definition) is 5. The van der Waals surface area contributed by atoms with Crippen LogP contribution in [0.3, 0.4) is 0 Å². The van der Waals surface area contributed by atoms with Gasteiger partial charge in [0.2, 0.25) is 5.91 Å². The zero-order chi connectivity index (χ0) is 18.5. The fourth-order valence-corrected chi connectivity index (χ4v) is 3.41. The van der Waals surface area contributed by atoms with Crippen LogP contribution in [0.2, 0.25) is 0 Å². The quantitative estimate of drug-likeness (QED) is 0.653. The molecule has 4 N–H and O–H groups in total. The van der Waals surface area contributed by atoms with Crippen molar-refractivity contribution in [1.82, 2.24) is 5.32 Å². The van der Waals surface area contributed by atoms with E-state index < -0.39 is 0 Å². The largest absolute Gasteiger partial charge is 0.493 e. The lowest BCUT2D eigenvalue weighted by Crippen LogP contribution is -2.30. The van der Waals surface area contributed by atoms with Crippen molar-refractivity contribution in [2.75, 3.05) is 25.6 Å². The summed E-state index contributed by atoms with van der Waals surface area (Å²) in [6.45, 7) is 0.452. The van der Waals surface area contributed by atoms with Gasteiger partial charge in [0.05, 0.1) is 7.11 Å². The van der Waals surface area contributed by atoms with Crippen molar-refractivity contribution in [1.29, 1.82) is 0 Å². The number of carbonyl (C=O) groups excluding carboxylic acids is 2. The molecule has 1 aromatic carbocycles. The predicted octanol–water partition coefficient (Wildman–Crippen LogP) is 1.67. The minimum Gasteiger partial charge on any atom is -0.493 e. The van der Waals surface area contributed by atoms with Gasteiger partial charge in [0.15, 0.2) is 18.1 Å². The summed E-state index contributed by atoms with van der Waals surface area (Å²) in [5.74, 6) is 0.980. The zero-order valence-corrected chi connectivity index (χ0v) is 15.1. The Labute approximate surface area is 153 Å². The molecule has 2 aliphatic carbocycles. The lowest BCUT2D eigenvalue weighted by Gasteiger charge is -2.18. The molecule has 7 nitrogen and oxygen atoms in total. The van der Waals surface area contributed by atoms with E-state index in [0.29, 0.717) is 29.8 Å². The maximum atomic E-state index is 12.5. The standard InChI is InChI=1S/C19H27N3O4/c1-25-16-8-7-14(22-19(24)15-4-2-3-12(15)10-20)9-17(16)26-11-18(23)21-13-5-6-13/h7-9,12-13,15H,2-6,10-11,20H2,1H3,(H,21,23)(H,22,24)/t12-,15-/m1/s1. The highest BCUT2D eigenvalue weighted by Gasteiger charge is 2.32. The number of ether oxygens (including phenoxy) is 2. The molecule has 3 rings (SSSR count). The molecule has 1 aromatic rings. The summed E-state index contributed by atoms with van der Waals surface area (Å²) in [6, 6.07) is 5.47. The number of carbonyl (C=O) groups is 2. The van der Waals surface area contributed by atoms with Crippen LogP contribution in [0.5, 0.6) is 11.5 Å². The summed E-state index contributed by atoms with van der Waals surface area (Å²) in [6.07, 6.45) is 4.96.